The number of nitrogens with zero attached hydrogens (tertiary/aromatic N) is 3. The molecule has 7 nitrogen and oxygen atoms in total. The molecular formula is C25H33ClF3N3O4. The molecule has 0 aromatic heterocycles. The van der Waals surface area contributed by atoms with Gasteiger partial charge in [0, 0.05) is 55.8 Å². The van der Waals surface area contributed by atoms with Crippen molar-refractivity contribution in [2.75, 3.05) is 39.3 Å². The van der Waals surface area contributed by atoms with Crippen LogP contribution in [-0.4, -0.2) is 88.6 Å². The molecule has 0 radical (unpaired) electrons. The minimum atomic E-state index is -5.08. The van der Waals surface area contributed by atoms with Gasteiger partial charge in [-0.3, -0.25) is 9.59 Å². The molecule has 1 spiro atoms. The zero-order valence-corrected chi connectivity index (χ0v) is 21.5. The first-order valence-electron chi connectivity index (χ1n) is 12.2. The molecule has 0 unspecified atom stereocenters. The highest BCUT2D eigenvalue weighted by molar-refractivity contribution is 6.30. The number of halogens is 4. The van der Waals surface area contributed by atoms with Gasteiger partial charge in [-0.05, 0) is 43.9 Å². The van der Waals surface area contributed by atoms with Gasteiger partial charge in [0.15, 0.2) is 0 Å². The number of hydrogen-bond acceptors (Lipinski definition) is 4. The molecule has 0 aliphatic carbocycles. The zero-order valence-electron chi connectivity index (χ0n) is 20.7. The molecule has 200 valence electrons. The Kier molecular flexibility index (Phi) is 8.60. The van der Waals surface area contributed by atoms with E-state index in [0.29, 0.717) is 41.4 Å². The number of piperidine rings is 1. The average Bonchev–Trinajstić information content (AvgIpc) is 3.30. The summed E-state index contributed by atoms with van der Waals surface area (Å²) in [6.07, 6.45) is -3.34. The van der Waals surface area contributed by atoms with E-state index >= 15 is 0 Å². The number of fused-ring (bicyclic) bond motifs is 2. The summed E-state index contributed by atoms with van der Waals surface area (Å²) in [4.78, 5) is 41.6. The van der Waals surface area contributed by atoms with Crippen LogP contribution >= 0.6 is 11.6 Å². The Morgan fingerprint density at radius 1 is 1.19 bits per heavy atom. The molecule has 4 rings (SSSR count). The molecule has 1 N–H and O–H groups in total. The fourth-order valence-electron chi connectivity index (χ4n) is 5.98. The molecule has 36 heavy (non-hydrogen) atoms. The molecule has 3 aliphatic rings. The first-order valence-corrected chi connectivity index (χ1v) is 12.6. The van der Waals surface area contributed by atoms with Gasteiger partial charge >= 0.3 is 12.1 Å². The molecule has 0 bridgehead atoms. The maximum Gasteiger partial charge on any atom is 0.490 e. The van der Waals surface area contributed by atoms with Crippen LogP contribution in [0.25, 0.3) is 0 Å². The van der Waals surface area contributed by atoms with E-state index in [1.807, 2.05) is 17.0 Å². The average molecular weight is 532 g/mol. The van der Waals surface area contributed by atoms with Crippen LogP contribution in [0.3, 0.4) is 0 Å². The summed E-state index contributed by atoms with van der Waals surface area (Å²) >= 11 is 6.07. The lowest BCUT2D eigenvalue weighted by Gasteiger charge is -2.48. The van der Waals surface area contributed by atoms with Crippen LogP contribution in [0.5, 0.6) is 0 Å². The predicted molar refractivity (Wildman–Crippen MR) is 129 cm³/mol. The molecule has 0 saturated carbocycles. The van der Waals surface area contributed by atoms with Crippen LogP contribution in [0.4, 0.5) is 13.2 Å². The van der Waals surface area contributed by atoms with Gasteiger partial charge in [0.05, 0.1) is 11.5 Å². The standard InChI is InChI=1S/C23H32ClN3O2.C2HF3O2/c1-4-27-22(29)19-14-25(13-16(2)3)15-20(19)23(27)8-10-26(11-9-23)21(28)17-6-5-7-18(24)12-17;3-2(4,5)1(6)7/h5-7,12,16,19-20H,4,8-11,13-15H2,1-3H3;(H,6,7)/t19-,20+;/m0./s1. The number of hydrogen-bond donors (Lipinski definition) is 1. The molecule has 3 aliphatic heterocycles. The van der Waals surface area contributed by atoms with E-state index in [1.165, 1.54) is 0 Å². The van der Waals surface area contributed by atoms with Gasteiger partial charge < -0.3 is 19.8 Å². The Morgan fingerprint density at radius 3 is 2.31 bits per heavy atom. The Morgan fingerprint density at radius 2 is 1.81 bits per heavy atom. The van der Waals surface area contributed by atoms with Crippen molar-refractivity contribution in [2.24, 2.45) is 17.8 Å². The summed E-state index contributed by atoms with van der Waals surface area (Å²) in [6.45, 7) is 11.7. The van der Waals surface area contributed by atoms with Gasteiger partial charge in [-0.25, -0.2) is 4.79 Å². The number of carbonyl (C=O) groups excluding carboxylic acids is 2. The van der Waals surface area contributed by atoms with Crippen molar-refractivity contribution in [3.63, 3.8) is 0 Å². The van der Waals surface area contributed by atoms with Gasteiger partial charge in [0.25, 0.3) is 5.91 Å². The second-order valence-electron chi connectivity index (χ2n) is 10.1. The Bertz CT molecular complexity index is 980. The number of carbonyl (C=O) groups is 3. The molecule has 3 fully saturated rings. The molecule has 2 amide bonds. The first-order chi connectivity index (χ1) is 16.8. The molecule has 11 heteroatoms. The number of benzene rings is 1. The summed E-state index contributed by atoms with van der Waals surface area (Å²) in [5.41, 5.74) is 0.554. The normalized spacial score (nSPS) is 23.6. The third kappa shape index (κ3) is 5.80. The van der Waals surface area contributed by atoms with Gasteiger partial charge in [-0.2, -0.15) is 13.2 Å². The van der Waals surface area contributed by atoms with E-state index in [2.05, 4.69) is 30.6 Å². The van der Waals surface area contributed by atoms with Crippen molar-refractivity contribution in [3.8, 4) is 0 Å². The van der Waals surface area contributed by atoms with Crippen molar-refractivity contribution in [1.29, 1.82) is 0 Å². The fourth-order valence-corrected chi connectivity index (χ4v) is 6.17. The van der Waals surface area contributed by atoms with E-state index in [-0.39, 0.29) is 17.4 Å². The lowest BCUT2D eigenvalue weighted by molar-refractivity contribution is -0.192. The minimum absolute atomic E-state index is 0.0409. The second-order valence-corrected chi connectivity index (χ2v) is 10.6. The summed E-state index contributed by atoms with van der Waals surface area (Å²) in [6, 6.07) is 7.17. The smallest absolute Gasteiger partial charge is 0.475 e. The maximum absolute atomic E-state index is 13.2. The molecular weight excluding hydrogens is 499 g/mol. The summed E-state index contributed by atoms with van der Waals surface area (Å²) in [5, 5.41) is 7.71. The van der Waals surface area contributed by atoms with E-state index in [9.17, 15) is 22.8 Å². The summed E-state index contributed by atoms with van der Waals surface area (Å²) in [5.74, 6) is -1.26. The highest BCUT2D eigenvalue weighted by atomic mass is 35.5. The van der Waals surface area contributed by atoms with Crippen LogP contribution in [0.15, 0.2) is 24.3 Å². The third-order valence-electron chi connectivity index (χ3n) is 7.38. The SMILES string of the molecule is CCN1C(=O)[C@H]2CN(CC(C)C)C[C@H]2C12CCN(C(=O)c1cccc(Cl)c1)CC2.O=C(O)C(F)(F)F. The molecule has 3 heterocycles. The number of amides is 2. The Labute approximate surface area is 214 Å². The number of carboxylic acid groups (broad SMARTS) is 1. The third-order valence-corrected chi connectivity index (χ3v) is 7.61. The molecule has 2 atom stereocenters. The van der Waals surface area contributed by atoms with Crippen LogP contribution in [0, 0.1) is 17.8 Å². The zero-order chi connectivity index (χ0) is 26.8. The molecule has 1 aromatic rings. The number of carboxylic acids is 1. The van der Waals surface area contributed by atoms with E-state index in [1.54, 1.807) is 12.1 Å². The lowest BCUT2D eigenvalue weighted by Crippen LogP contribution is -2.57. The van der Waals surface area contributed by atoms with E-state index < -0.39 is 12.1 Å². The van der Waals surface area contributed by atoms with Crippen molar-refractivity contribution >= 4 is 29.4 Å². The van der Waals surface area contributed by atoms with Gasteiger partial charge in [0.1, 0.15) is 0 Å². The minimum Gasteiger partial charge on any atom is -0.475 e. The Balaban J connectivity index is 0.000000454. The molecule has 1 aromatic carbocycles. The first kappa shape index (κ1) is 28.2. The van der Waals surface area contributed by atoms with Crippen LogP contribution < -0.4 is 0 Å². The number of alkyl halides is 3. The van der Waals surface area contributed by atoms with Gasteiger partial charge in [0.2, 0.25) is 5.91 Å². The fraction of sp³-hybridized carbons (Fsp3) is 0.640. The van der Waals surface area contributed by atoms with Crippen molar-refractivity contribution in [2.45, 2.75) is 45.3 Å². The monoisotopic (exact) mass is 531 g/mol. The van der Waals surface area contributed by atoms with Crippen molar-refractivity contribution < 1.29 is 32.7 Å². The van der Waals surface area contributed by atoms with Crippen molar-refractivity contribution in [3.05, 3.63) is 34.9 Å². The van der Waals surface area contributed by atoms with Gasteiger partial charge in [-0.15, -0.1) is 0 Å². The number of likely N-dealkylation sites (tertiary alicyclic amines) is 3. The quantitative estimate of drug-likeness (QED) is 0.635. The summed E-state index contributed by atoms with van der Waals surface area (Å²) in [7, 11) is 0. The topological polar surface area (TPSA) is 81.2 Å². The predicted octanol–water partition coefficient (Wildman–Crippen LogP) is 4.01. The van der Waals surface area contributed by atoms with Crippen LogP contribution in [-0.2, 0) is 9.59 Å². The molecule has 3 saturated heterocycles. The summed E-state index contributed by atoms with van der Waals surface area (Å²) < 4.78 is 31.7. The maximum atomic E-state index is 13.2. The highest BCUT2D eigenvalue weighted by Gasteiger charge is 2.61. The number of aliphatic carboxylic acids is 1. The number of rotatable bonds is 4. The highest BCUT2D eigenvalue weighted by Crippen LogP contribution is 2.49. The largest absolute Gasteiger partial charge is 0.490 e. The Hall–Kier alpha value is -2.33. The van der Waals surface area contributed by atoms with Crippen LogP contribution in [0.1, 0.15) is 44.0 Å². The van der Waals surface area contributed by atoms with E-state index in [0.717, 1.165) is 39.0 Å². The second kappa shape index (κ2) is 11.0. The van der Waals surface area contributed by atoms with Crippen molar-refractivity contribution in [1.82, 2.24) is 14.7 Å². The van der Waals surface area contributed by atoms with Gasteiger partial charge in [-0.1, -0.05) is 31.5 Å². The lowest BCUT2D eigenvalue weighted by atomic mass is 9.74. The van der Waals surface area contributed by atoms with Crippen LogP contribution in [0.2, 0.25) is 5.02 Å². The van der Waals surface area contributed by atoms with E-state index in [4.69, 9.17) is 21.5 Å².